The van der Waals surface area contributed by atoms with E-state index >= 15 is 0 Å². The van der Waals surface area contributed by atoms with Gasteiger partial charge in [0.1, 0.15) is 28.8 Å². The zero-order valence-electron chi connectivity index (χ0n) is 20.1. The van der Waals surface area contributed by atoms with Crippen molar-refractivity contribution in [3.8, 4) is 17.0 Å². The molecular formula is C27H27N5O3S. The number of benzene rings is 2. The number of aliphatic imine (C=N–C) groups is 1. The maximum atomic E-state index is 12.7. The van der Waals surface area contributed by atoms with Crippen LogP contribution < -0.4 is 21.1 Å². The molecule has 0 aliphatic carbocycles. The number of amidine groups is 1. The van der Waals surface area contributed by atoms with Gasteiger partial charge in [-0.2, -0.15) is 0 Å². The number of hydrogen-bond donors (Lipinski definition) is 3. The Labute approximate surface area is 212 Å². The second kappa shape index (κ2) is 9.96. The number of aromatic nitrogens is 1. The van der Waals surface area contributed by atoms with Crippen molar-refractivity contribution in [1.29, 1.82) is 0 Å². The summed E-state index contributed by atoms with van der Waals surface area (Å²) in [6.45, 7) is 7.20. The largest absolute Gasteiger partial charge is 0.489 e. The Kier molecular flexibility index (Phi) is 6.58. The first-order valence-electron chi connectivity index (χ1n) is 11.6. The van der Waals surface area contributed by atoms with Crippen LogP contribution in [-0.2, 0) is 4.74 Å². The fourth-order valence-electron chi connectivity index (χ4n) is 4.19. The lowest BCUT2D eigenvalue weighted by molar-refractivity contribution is 0.0949. The molecule has 3 heterocycles. The normalized spacial score (nSPS) is 15.8. The molecule has 1 aliphatic rings. The maximum absolute atomic E-state index is 12.7. The maximum Gasteiger partial charge on any atom is 0.263 e. The summed E-state index contributed by atoms with van der Waals surface area (Å²) in [5, 5.41) is 8.53. The predicted octanol–water partition coefficient (Wildman–Crippen LogP) is 4.86. The van der Waals surface area contributed by atoms with Crippen LogP contribution in [0.2, 0.25) is 0 Å². The molecule has 1 amide bonds. The number of anilines is 1. The van der Waals surface area contributed by atoms with Crippen LogP contribution in [0, 0.1) is 0 Å². The minimum absolute atomic E-state index is 0.0406. The molecular weight excluding hydrogens is 474 g/mol. The summed E-state index contributed by atoms with van der Waals surface area (Å²) in [7, 11) is 1.62. The van der Waals surface area contributed by atoms with Gasteiger partial charge in [0, 0.05) is 40.7 Å². The minimum Gasteiger partial charge on any atom is -0.489 e. The van der Waals surface area contributed by atoms with Crippen molar-refractivity contribution in [3.05, 3.63) is 60.0 Å². The van der Waals surface area contributed by atoms with Crippen molar-refractivity contribution in [2.45, 2.75) is 13.0 Å². The van der Waals surface area contributed by atoms with Crippen LogP contribution >= 0.6 is 11.3 Å². The number of amides is 1. The fourth-order valence-corrected chi connectivity index (χ4v) is 5.29. The highest BCUT2D eigenvalue weighted by atomic mass is 32.1. The molecule has 8 nitrogen and oxygen atoms in total. The first-order valence-corrected chi connectivity index (χ1v) is 12.4. The van der Waals surface area contributed by atoms with Gasteiger partial charge < -0.3 is 25.8 Å². The molecule has 0 saturated heterocycles. The average Bonchev–Trinajstić information content (AvgIpc) is 3.20. The third-order valence-electron chi connectivity index (χ3n) is 5.95. The van der Waals surface area contributed by atoms with Crippen LogP contribution in [0.3, 0.4) is 0 Å². The summed E-state index contributed by atoms with van der Waals surface area (Å²) in [6.07, 6.45) is 1.49. The van der Waals surface area contributed by atoms with Gasteiger partial charge in [-0.15, -0.1) is 11.3 Å². The van der Waals surface area contributed by atoms with Crippen molar-refractivity contribution >= 4 is 55.4 Å². The first kappa shape index (κ1) is 23.8. The second-order valence-corrected chi connectivity index (χ2v) is 9.58. The van der Waals surface area contributed by atoms with Crippen molar-refractivity contribution in [2.75, 3.05) is 32.2 Å². The third kappa shape index (κ3) is 4.50. The molecule has 36 heavy (non-hydrogen) atoms. The van der Waals surface area contributed by atoms with Gasteiger partial charge in [-0.05, 0) is 55.5 Å². The standard InChI is InChI=1S/C27H27N5O3S/c1-4-23(28)32-20-13-16(5-9-21(20)35-12-11-34-3)18-7-6-17-19(31-18)8-10-22-24(17)25-26(36-22)27(33)30-15(2)14-29-25/h4-10,13,15,29H,1,11-12,14H2,2-3H3,(H2,28,32)(H,30,33)/t15-/m1/s1. The van der Waals surface area contributed by atoms with Gasteiger partial charge in [0.25, 0.3) is 5.91 Å². The molecule has 0 saturated carbocycles. The Balaban J connectivity index is 1.58. The number of rotatable bonds is 7. The number of carbonyl (C=O) groups is 1. The zero-order valence-corrected chi connectivity index (χ0v) is 20.9. The van der Waals surface area contributed by atoms with E-state index < -0.39 is 0 Å². The highest BCUT2D eigenvalue weighted by molar-refractivity contribution is 7.21. The van der Waals surface area contributed by atoms with Crippen LogP contribution in [0.15, 0.2) is 60.1 Å². The average molecular weight is 502 g/mol. The van der Waals surface area contributed by atoms with Crippen LogP contribution in [0.5, 0.6) is 5.75 Å². The van der Waals surface area contributed by atoms with Crippen molar-refractivity contribution in [2.24, 2.45) is 10.7 Å². The Bertz CT molecular complexity index is 1510. The molecule has 1 atom stereocenters. The SMILES string of the molecule is C=CC(N)=Nc1cc(-c2ccc3c(ccc4sc5c(c43)NC[C@@H](C)NC5=O)n2)ccc1OCCOC. The van der Waals surface area contributed by atoms with Gasteiger partial charge in [0.2, 0.25) is 0 Å². The Morgan fingerprint density at radius 2 is 2.14 bits per heavy atom. The van der Waals surface area contributed by atoms with E-state index in [0.29, 0.717) is 41.9 Å². The van der Waals surface area contributed by atoms with E-state index in [9.17, 15) is 4.79 Å². The lowest BCUT2D eigenvalue weighted by atomic mass is 10.1. The van der Waals surface area contributed by atoms with Crippen molar-refractivity contribution < 1.29 is 14.3 Å². The van der Waals surface area contributed by atoms with E-state index in [-0.39, 0.29) is 11.9 Å². The molecule has 2 aromatic carbocycles. The predicted molar refractivity (Wildman–Crippen MR) is 147 cm³/mol. The van der Waals surface area contributed by atoms with Crippen LogP contribution in [0.4, 0.5) is 11.4 Å². The molecule has 4 N–H and O–H groups in total. The summed E-state index contributed by atoms with van der Waals surface area (Å²) in [4.78, 5) is 22.8. The topological polar surface area (TPSA) is 111 Å². The summed E-state index contributed by atoms with van der Waals surface area (Å²) in [5.74, 6) is 0.852. The molecule has 0 radical (unpaired) electrons. The Morgan fingerprint density at radius 1 is 1.28 bits per heavy atom. The van der Waals surface area contributed by atoms with E-state index in [2.05, 4.69) is 28.3 Å². The van der Waals surface area contributed by atoms with Gasteiger partial charge in [-0.3, -0.25) is 4.79 Å². The quantitative estimate of drug-likeness (QED) is 0.189. The van der Waals surface area contributed by atoms with Gasteiger partial charge in [-0.1, -0.05) is 6.58 Å². The zero-order chi connectivity index (χ0) is 25.2. The molecule has 0 bridgehead atoms. The number of methoxy groups -OCH3 is 1. The van der Waals surface area contributed by atoms with Crippen molar-refractivity contribution in [3.63, 3.8) is 0 Å². The molecule has 0 spiro atoms. The lowest BCUT2D eigenvalue weighted by Crippen LogP contribution is -2.34. The van der Waals surface area contributed by atoms with Gasteiger partial charge in [-0.25, -0.2) is 9.98 Å². The summed E-state index contributed by atoms with van der Waals surface area (Å²) < 4.78 is 12.0. The van der Waals surface area contributed by atoms with Gasteiger partial charge in [0.15, 0.2) is 0 Å². The number of hydrogen-bond acceptors (Lipinski definition) is 7. The first-order chi connectivity index (χ1) is 17.5. The van der Waals surface area contributed by atoms with Gasteiger partial charge in [0.05, 0.1) is 23.5 Å². The van der Waals surface area contributed by atoms with Gasteiger partial charge >= 0.3 is 0 Å². The number of ether oxygens (including phenoxy) is 2. The lowest BCUT2D eigenvalue weighted by Gasteiger charge is -2.12. The Hall–Kier alpha value is -3.95. The third-order valence-corrected chi connectivity index (χ3v) is 7.10. The number of fused-ring (bicyclic) bond motifs is 5. The Morgan fingerprint density at radius 3 is 2.94 bits per heavy atom. The molecule has 9 heteroatoms. The summed E-state index contributed by atoms with van der Waals surface area (Å²) in [6, 6.07) is 13.8. The van der Waals surface area contributed by atoms with Crippen LogP contribution in [0.1, 0.15) is 16.6 Å². The number of nitrogens with two attached hydrogens (primary N) is 1. The smallest absolute Gasteiger partial charge is 0.263 e. The highest BCUT2D eigenvalue weighted by Gasteiger charge is 2.24. The summed E-state index contributed by atoms with van der Waals surface area (Å²) in [5.41, 5.74) is 9.90. The molecule has 4 aromatic rings. The van der Waals surface area contributed by atoms with E-state index in [1.54, 1.807) is 7.11 Å². The second-order valence-electron chi connectivity index (χ2n) is 8.53. The number of nitrogens with zero attached hydrogens (tertiary/aromatic N) is 2. The summed E-state index contributed by atoms with van der Waals surface area (Å²) >= 11 is 1.50. The highest BCUT2D eigenvalue weighted by Crippen LogP contribution is 2.41. The monoisotopic (exact) mass is 501 g/mol. The molecule has 0 fully saturated rings. The molecule has 1 aliphatic heterocycles. The van der Waals surface area contributed by atoms with E-state index in [4.69, 9.17) is 20.2 Å². The molecule has 2 aromatic heterocycles. The number of nitrogens with one attached hydrogen (secondary N) is 2. The van der Waals surface area contributed by atoms with E-state index in [0.717, 1.165) is 37.9 Å². The van der Waals surface area contributed by atoms with Crippen LogP contribution in [-0.4, -0.2) is 49.6 Å². The number of thiophene rings is 1. The minimum atomic E-state index is -0.0406. The fraction of sp³-hybridized carbons (Fsp3) is 0.222. The van der Waals surface area contributed by atoms with Crippen molar-refractivity contribution in [1.82, 2.24) is 10.3 Å². The number of carbonyl (C=O) groups excluding carboxylic acids is 1. The van der Waals surface area contributed by atoms with E-state index in [1.807, 2.05) is 43.3 Å². The molecule has 0 unspecified atom stereocenters. The molecule has 5 rings (SSSR count). The molecule has 184 valence electrons. The van der Waals surface area contributed by atoms with E-state index in [1.165, 1.54) is 17.4 Å². The number of pyridine rings is 1. The van der Waals surface area contributed by atoms with Crippen LogP contribution in [0.25, 0.3) is 32.2 Å².